The Hall–Kier alpha value is -1.65. The second kappa shape index (κ2) is 4.47. The van der Waals surface area contributed by atoms with Crippen molar-refractivity contribution in [1.82, 2.24) is 5.43 Å². The van der Waals surface area contributed by atoms with Crippen molar-refractivity contribution in [2.75, 3.05) is 0 Å². The number of rotatable bonds is 3. The molecule has 3 N–H and O–H groups in total. The summed E-state index contributed by atoms with van der Waals surface area (Å²) in [5.74, 6) is 5.99. The van der Waals surface area contributed by atoms with Crippen LogP contribution >= 0.6 is 0 Å². The summed E-state index contributed by atoms with van der Waals surface area (Å²) in [5, 5.41) is 0. The van der Waals surface area contributed by atoms with E-state index in [2.05, 4.69) is 5.43 Å². The third-order valence-electron chi connectivity index (χ3n) is 2.56. The van der Waals surface area contributed by atoms with Crippen molar-refractivity contribution in [3.8, 4) is 0 Å². The fraction of sp³-hybridized carbons (Fsp3) is 0.167. The summed E-state index contributed by atoms with van der Waals surface area (Å²) < 4.78 is 18.3. The Morgan fingerprint density at radius 1 is 1.38 bits per heavy atom. The molecule has 1 atom stereocenters. The molecule has 1 unspecified atom stereocenters. The van der Waals surface area contributed by atoms with Crippen LogP contribution in [-0.2, 0) is 0 Å². The molecular formula is C12H13FN2O. The van der Waals surface area contributed by atoms with Crippen LogP contribution in [0.15, 0.2) is 41.0 Å². The van der Waals surface area contributed by atoms with Gasteiger partial charge < -0.3 is 4.42 Å². The molecule has 0 saturated heterocycles. The van der Waals surface area contributed by atoms with Gasteiger partial charge >= 0.3 is 0 Å². The summed E-state index contributed by atoms with van der Waals surface area (Å²) >= 11 is 0. The van der Waals surface area contributed by atoms with Crippen molar-refractivity contribution < 1.29 is 8.81 Å². The van der Waals surface area contributed by atoms with Crippen LogP contribution in [0.5, 0.6) is 0 Å². The van der Waals surface area contributed by atoms with E-state index in [1.165, 1.54) is 12.1 Å². The number of aryl methyl sites for hydroxylation is 1. The van der Waals surface area contributed by atoms with Crippen molar-refractivity contribution in [2.24, 2.45) is 5.84 Å². The van der Waals surface area contributed by atoms with Crippen molar-refractivity contribution in [3.05, 3.63) is 59.3 Å². The van der Waals surface area contributed by atoms with Crippen molar-refractivity contribution in [2.45, 2.75) is 13.0 Å². The highest BCUT2D eigenvalue weighted by atomic mass is 19.1. The number of nitrogens with one attached hydrogen (secondary N) is 1. The van der Waals surface area contributed by atoms with Gasteiger partial charge in [0.2, 0.25) is 0 Å². The van der Waals surface area contributed by atoms with Gasteiger partial charge in [-0.15, -0.1) is 0 Å². The van der Waals surface area contributed by atoms with Gasteiger partial charge in [0, 0.05) is 5.56 Å². The second-order valence-corrected chi connectivity index (χ2v) is 3.59. The van der Waals surface area contributed by atoms with Crippen LogP contribution in [0.1, 0.15) is 22.9 Å². The van der Waals surface area contributed by atoms with Gasteiger partial charge in [-0.1, -0.05) is 12.1 Å². The molecule has 16 heavy (non-hydrogen) atoms. The Morgan fingerprint density at radius 2 is 2.19 bits per heavy atom. The van der Waals surface area contributed by atoms with Crippen LogP contribution in [0, 0.1) is 12.7 Å². The Kier molecular flexibility index (Phi) is 3.03. The van der Waals surface area contributed by atoms with E-state index in [9.17, 15) is 4.39 Å². The smallest absolute Gasteiger partial charge is 0.123 e. The molecule has 2 rings (SSSR count). The normalized spacial score (nSPS) is 12.7. The maximum absolute atomic E-state index is 13.1. The molecule has 0 fully saturated rings. The minimum absolute atomic E-state index is 0.255. The first-order valence-electron chi connectivity index (χ1n) is 4.98. The molecule has 0 saturated carbocycles. The van der Waals surface area contributed by atoms with Gasteiger partial charge in [0.25, 0.3) is 0 Å². The summed E-state index contributed by atoms with van der Waals surface area (Å²) in [6, 6.07) is 7.90. The lowest BCUT2D eigenvalue weighted by atomic mass is 10.00. The first-order chi connectivity index (χ1) is 7.72. The SMILES string of the molecule is Cc1occc1C(NN)c1cccc(F)c1. The van der Waals surface area contributed by atoms with Crippen molar-refractivity contribution in [1.29, 1.82) is 0 Å². The zero-order valence-corrected chi connectivity index (χ0v) is 8.91. The van der Waals surface area contributed by atoms with Crippen molar-refractivity contribution in [3.63, 3.8) is 0 Å². The number of hydrogen-bond donors (Lipinski definition) is 2. The molecule has 84 valence electrons. The van der Waals surface area contributed by atoms with Gasteiger partial charge in [-0.2, -0.15) is 0 Å². The molecule has 1 aromatic heterocycles. The Balaban J connectivity index is 2.40. The highest BCUT2D eigenvalue weighted by Gasteiger charge is 2.16. The molecule has 0 spiro atoms. The Morgan fingerprint density at radius 3 is 2.75 bits per heavy atom. The molecule has 2 aromatic rings. The molecule has 0 bridgehead atoms. The monoisotopic (exact) mass is 220 g/mol. The van der Waals surface area contributed by atoms with Gasteiger partial charge in [0.05, 0.1) is 12.3 Å². The molecular weight excluding hydrogens is 207 g/mol. The lowest BCUT2D eigenvalue weighted by Crippen LogP contribution is -2.29. The first-order valence-corrected chi connectivity index (χ1v) is 4.98. The van der Waals surface area contributed by atoms with E-state index in [1.54, 1.807) is 12.3 Å². The topological polar surface area (TPSA) is 51.2 Å². The molecule has 0 aliphatic heterocycles. The molecule has 1 heterocycles. The maximum Gasteiger partial charge on any atom is 0.123 e. The van der Waals surface area contributed by atoms with Gasteiger partial charge in [-0.05, 0) is 30.7 Å². The molecule has 1 aromatic carbocycles. The lowest BCUT2D eigenvalue weighted by Gasteiger charge is -2.15. The maximum atomic E-state index is 13.1. The van der Waals surface area contributed by atoms with Crippen LogP contribution < -0.4 is 11.3 Å². The summed E-state index contributed by atoms with van der Waals surface area (Å²) in [5.41, 5.74) is 4.34. The van der Waals surface area contributed by atoms with Crippen LogP contribution in [-0.4, -0.2) is 0 Å². The summed E-state index contributed by atoms with van der Waals surface area (Å²) in [7, 11) is 0. The third-order valence-corrected chi connectivity index (χ3v) is 2.56. The average molecular weight is 220 g/mol. The van der Waals surface area contributed by atoms with Crippen LogP contribution in [0.4, 0.5) is 4.39 Å². The third kappa shape index (κ3) is 1.98. The summed E-state index contributed by atoms with van der Waals surface area (Å²) in [6.45, 7) is 1.85. The first kappa shape index (κ1) is 10.9. The predicted molar refractivity (Wildman–Crippen MR) is 59.0 cm³/mol. The molecule has 0 radical (unpaired) electrons. The quantitative estimate of drug-likeness (QED) is 0.616. The number of nitrogens with two attached hydrogens (primary N) is 1. The standard InChI is InChI=1S/C12H13FN2O/c1-8-11(5-6-16-8)12(15-14)9-3-2-4-10(13)7-9/h2-7,12,15H,14H2,1H3. The minimum atomic E-state index is -0.279. The summed E-state index contributed by atoms with van der Waals surface area (Å²) in [4.78, 5) is 0. The van der Waals surface area contributed by atoms with E-state index in [1.807, 2.05) is 19.1 Å². The van der Waals surface area contributed by atoms with E-state index < -0.39 is 0 Å². The van der Waals surface area contributed by atoms with Crippen LogP contribution in [0.2, 0.25) is 0 Å². The van der Waals surface area contributed by atoms with Gasteiger partial charge in [0.15, 0.2) is 0 Å². The minimum Gasteiger partial charge on any atom is -0.469 e. The van der Waals surface area contributed by atoms with Crippen LogP contribution in [0.3, 0.4) is 0 Å². The second-order valence-electron chi connectivity index (χ2n) is 3.59. The largest absolute Gasteiger partial charge is 0.469 e. The van der Waals surface area contributed by atoms with E-state index >= 15 is 0 Å². The molecule has 3 nitrogen and oxygen atoms in total. The van der Waals surface area contributed by atoms with Gasteiger partial charge in [-0.3, -0.25) is 5.84 Å². The highest BCUT2D eigenvalue weighted by Crippen LogP contribution is 2.25. The number of benzene rings is 1. The van der Waals surface area contributed by atoms with Gasteiger partial charge in [-0.25, -0.2) is 9.82 Å². The Labute approximate surface area is 93.0 Å². The highest BCUT2D eigenvalue weighted by molar-refractivity contribution is 5.32. The molecule has 0 aliphatic carbocycles. The number of hydrazine groups is 1. The average Bonchev–Trinajstić information content (AvgIpc) is 2.67. The number of halogens is 1. The molecule has 0 aliphatic rings. The van der Waals surface area contributed by atoms with Crippen molar-refractivity contribution >= 4 is 0 Å². The van der Waals surface area contributed by atoms with E-state index in [0.717, 1.165) is 16.9 Å². The Bertz CT molecular complexity index is 481. The molecule has 0 amide bonds. The predicted octanol–water partition coefficient (Wildman–Crippen LogP) is 2.28. The zero-order valence-electron chi connectivity index (χ0n) is 8.91. The van der Waals surface area contributed by atoms with Crippen LogP contribution in [0.25, 0.3) is 0 Å². The van der Waals surface area contributed by atoms with E-state index in [-0.39, 0.29) is 11.9 Å². The summed E-state index contributed by atoms with van der Waals surface area (Å²) in [6.07, 6.45) is 1.59. The van der Waals surface area contributed by atoms with E-state index in [4.69, 9.17) is 10.3 Å². The fourth-order valence-electron chi connectivity index (χ4n) is 1.75. The fourth-order valence-corrected chi connectivity index (χ4v) is 1.75. The number of hydrogen-bond acceptors (Lipinski definition) is 3. The number of furan rings is 1. The zero-order chi connectivity index (χ0) is 11.5. The van der Waals surface area contributed by atoms with Gasteiger partial charge in [0.1, 0.15) is 11.6 Å². The lowest BCUT2D eigenvalue weighted by molar-refractivity contribution is 0.519. The molecule has 4 heteroatoms. The van der Waals surface area contributed by atoms with E-state index in [0.29, 0.717) is 0 Å².